The summed E-state index contributed by atoms with van der Waals surface area (Å²) in [7, 11) is 0. The van der Waals surface area contributed by atoms with Gasteiger partial charge in [0.2, 0.25) is 0 Å². The summed E-state index contributed by atoms with van der Waals surface area (Å²) in [6.07, 6.45) is 8.39. The fraction of sp³-hybridized carbons (Fsp3) is 0.0909. The van der Waals surface area contributed by atoms with Crippen molar-refractivity contribution in [2.45, 2.75) is 6.42 Å². The first kappa shape index (κ1) is 10.6. The van der Waals surface area contributed by atoms with E-state index in [9.17, 15) is 4.79 Å². The highest BCUT2D eigenvalue weighted by molar-refractivity contribution is 7.09. The molecule has 0 aliphatic carbocycles. The number of thiazole rings is 1. The molecule has 0 bridgehead atoms. The minimum Gasteiger partial charge on any atom is -0.294 e. The molecule has 2 aromatic rings. The highest BCUT2D eigenvalue weighted by Gasteiger charge is 2.01. The van der Waals surface area contributed by atoms with E-state index in [1.54, 1.807) is 30.7 Å². The molecule has 0 aromatic carbocycles. The van der Waals surface area contributed by atoms with Crippen LogP contribution in [0.3, 0.4) is 0 Å². The van der Waals surface area contributed by atoms with Gasteiger partial charge in [-0.3, -0.25) is 4.79 Å². The van der Waals surface area contributed by atoms with Gasteiger partial charge in [-0.15, -0.1) is 11.3 Å². The maximum atomic E-state index is 11.5. The second-order valence-corrected chi connectivity index (χ2v) is 3.99. The maximum Gasteiger partial charge on any atom is 0.162 e. The van der Waals surface area contributed by atoms with Crippen LogP contribution in [0.2, 0.25) is 0 Å². The molecule has 0 N–H and O–H groups in total. The number of carbonyl (C=O) groups excluding carboxylic acids is 1. The largest absolute Gasteiger partial charge is 0.294 e. The van der Waals surface area contributed by atoms with Crippen molar-refractivity contribution < 1.29 is 4.79 Å². The van der Waals surface area contributed by atoms with Gasteiger partial charge >= 0.3 is 0 Å². The quantitative estimate of drug-likeness (QED) is 0.752. The fourth-order valence-electron chi connectivity index (χ4n) is 1.11. The molecule has 0 radical (unpaired) electrons. The molecular weight excluding hydrogens is 222 g/mol. The van der Waals surface area contributed by atoms with Crippen LogP contribution in [-0.2, 0) is 11.2 Å². The van der Waals surface area contributed by atoms with E-state index in [2.05, 4.69) is 15.0 Å². The average molecular weight is 231 g/mol. The number of hydrogen-bond donors (Lipinski definition) is 0. The zero-order chi connectivity index (χ0) is 11.2. The van der Waals surface area contributed by atoms with E-state index in [1.165, 1.54) is 17.4 Å². The molecule has 0 unspecified atom stereocenters. The van der Waals surface area contributed by atoms with Gasteiger partial charge in [-0.25, -0.2) is 15.0 Å². The first-order valence-electron chi connectivity index (χ1n) is 4.71. The zero-order valence-corrected chi connectivity index (χ0v) is 9.22. The molecule has 0 spiro atoms. The van der Waals surface area contributed by atoms with Crippen molar-refractivity contribution in [1.29, 1.82) is 0 Å². The smallest absolute Gasteiger partial charge is 0.162 e. The van der Waals surface area contributed by atoms with E-state index >= 15 is 0 Å². The lowest BCUT2D eigenvalue weighted by Gasteiger charge is -1.91. The Morgan fingerprint density at radius 2 is 2.06 bits per heavy atom. The van der Waals surface area contributed by atoms with Gasteiger partial charge in [0.1, 0.15) is 5.01 Å². The Morgan fingerprint density at radius 3 is 2.75 bits per heavy atom. The lowest BCUT2D eigenvalue weighted by molar-refractivity contribution is -0.113. The molecule has 0 atom stereocenters. The highest BCUT2D eigenvalue weighted by Crippen LogP contribution is 2.05. The molecule has 80 valence electrons. The Kier molecular flexibility index (Phi) is 3.50. The number of aromatic nitrogens is 3. The minimum atomic E-state index is 0.00223. The molecule has 2 aromatic heterocycles. The zero-order valence-electron chi connectivity index (χ0n) is 8.41. The monoisotopic (exact) mass is 231 g/mol. The summed E-state index contributed by atoms with van der Waals surface area (Å²) in [5.41, 5.74) is 0. The molecule has 5 heteroatoms. The Bertz CT molecular complexity index is 479. The number of hydrogen-bond acceptors (Lipinski definition) is 5. The van der Waals surface area contributed by atoms with Gasteiger partial charge < -0.3 is 0 Å². The maximum absolute atomic E-state index is 11.5. The summed E-state index contributed by atoms with van der Waals surface area (Å²) >= 11 is 1.48. The second-order valence-electron chi connectivity index (χ2n) is 3.01. The summed E-state index contributed by atoms with van der Waals surface area (Å²) < 4.78 is 0. The molecule has 2 rings (SSSR count). The summed E-state index contributed by atoms with van der Waals surface area (Å²) in [4.78, 5) is 23.5. The summed E-state index contributed by atoms with van der Waals surface area (Å²) in [5, 5.41) is 2.68. The SMILES string of the molecule is O=C(/C=C/c1ncccn1)Cc1nccs1. The van der Waals surface area contributed by atoms with Crippen LogP contribution in [-0.4, -0.2) is 20.7 Å². The summed E-state index contributed by atoms with van der Waals surface area (Å²) in [6, 6.07) is 1.73. The number of nitrogens with zero attached hydrogens (tertiary/aromatic N) is 3. The van der Waals surface area contributed by atoms with Crippen LogP contribution in [0.15, 0.2) is 36.1 Å². The molecule has 0 amide bonds. The van der Waals surface area contributed by atoms with Crippen molar-refractivity contribution in [3.8, 4) is 0 Å². The molecule has 0 aliphatic heterocycles. The van der Waals surface area contributed by atoms with Gasteiger partial charge in [0, 0.05) is 24.0 Å². The van der Waals surface area contributed by atoms with Gasteiger partial charge in [0.05, 0.1) is 6.42 Å². The molecule has 0 saturated heterocycles. The second kappa shape index (κ2) is 5.27. The molecular formula is C11H9N3OS. The summed E-state index contributed by atoms with van der Waals surface area (Å²) in [5.74, 6) is 0.539. The van der Waals surface area contributed by atoms with Crippen LogP contribution in [0, 0.1) is 0 Å². The van der Waals surface area contributed by atoms with Crippen LogP contribution in [0.1, 0.15) is 10.8 Å². The molecule has 4 nitrogen and oxygen atoms in total. The van der Waals surface area contributed by atoms with Gasteiger partial charge in [-0.05, 0) is 18.2 Å². The number of rotatable bonds is 4. The Balaban J connectivity index is 1.95. The van der Waals surface area contributed by atoms with Crippen molar-refractivity contribution in [2.24, 2.45) is 0 Å². The van der Waals surface area contributed by atoms with Crippen LogP contribution in [0.4, 0.5) is 0 Å². The normalized spacial score (nSPS) is 10.8. The molecule has 0 saturated carbocycles. The van der Waals surface area contributed by atoms with Gasteiger partial charge in [-0.1, -0.05) is 0 Å². The average Bonchev–Trinajstić information content (AvgIpc) is 2.81. The summed E-state index contributed by atoms with van der Waals surface area (Å²) in [6.45, 7) is 0. The minimum absolute atomic E-state index is 0.00223. The van der Waals surface area contributed by atoms with E-state index < -0.39 is 0 Å². The van der Waals surface area contributed by atoms with Crippen LogP contribution in [0.5, 0.6) is 0 Å². The lowest BCUT2D eigenvalue weighted by atomic mass is 10.2. The first-order valence-corrected chi connectivity index (χ1v) is 5.59. The number of allylic oxidation sites excluding steroid dienone is 1. The molecule has 16 heavy (non-hydrogen) atoms. The van der Waals surface area contributed by atoms with Gasteiger partial charge in [0.25, 0.3) is 0 Å². The first-order chi connectivity index (χ1) is 7.84. The Morgan fingerprint density at radius 1 is 1.25 bits per heavy atom. The van der Waals surface area contributed by atoms with E-state index in [-0.39, 0.29) is 5.78 Å². The van der Waals surface area contributed by atoms with Crippen molar-refractivity contribution >= 4 is 23.2 Å². The standard InChI is InChI=1S/C11H9N3OS/c15-9(8-11-14-6-7-16-11)2-3-10-12-4-1-5-13-10/h1-7H,8H2/b3-2+. The third-order valence-electron chi connectivity index (χ3n) is 1.81. The van der Waals surface area contributed by atoms with Crippen LogP contribution < -0.4 is 0 Å². The van der Waals surface area contributed by atoms with E-state index in [4.69, 9.17) is 0 Å². The Hall–Kier alpha value is -1.88. The molecule has 0 aliphatic rings. The topological polar surface area (TPSA) is 55.7 Å². The van der Waals surface area contributed by atoms with E-state index in [0.29, 0.717) is 12.2 Å². The molecule has 0 fully saturated rings. The number of ketones is 1. The van der Waals surface area contributed by atoms with E-state index in [1.807, 2.05) is 5.38 Å². The predicted molar refractivity (Wildman–Crippen MR) is 61.9 cm³/mol. The lowest BCUT2D eigenvalue weighted by Crippen LogP contribution is -1.97. The van der Waals surface area contributed by atoms with Crippen molar-refractivity contribution in [3.63, 3.8) is 0 Å². The fourth-order valence-corrected chi connectivity index (χ4v) is 1.74. The van der Waals surface area contributed by atoms with Crippen molar-refractivity contribution in [2.75, 3.05) is 0 Å². The number of carbonyl (C=O) groups is 1. The van der Waals surface area contributed by atoms with Crippen molar-refractivity contribution in [3.05, 3.63) is 46.9 Å². The Labute approximate surface area is 96.7 Å². The third-order valence-corrected chi connectivity index (χ3v) is 2.59. The van der Waals surface area contributed by atoms with Gasteiger partial charge in [-0.2, -0.15) is 0 Å². The van der Waals surface area contributed by atoms with Crippen LogP contribution in [0.25, 0.3) is 6.08 Å². The van der Waals surface area contributed by atoms with Crippen LogP contribution >= 0.6 is 11.3 Å². The van der Waals surface area contributed by atoms with Gasteiger partial charge in [0.15, 0.2) is 11.6 Å². The highest BCUT2D eigenvalue weighted by atomic mass is 32.1. The molecule has 2 heterocycles. The predicted octanol–water partition coefficient (Wildman–Crippen LogP) is 1.76. The third kappa shape index (κ3) is 3.06. The van der Waals surface area contributed by atoms with E-state index in [0.717, 1.165) is 5.01 Å². The van der Waals surface area contributed by atoms with Crippen molar-refractivity contribution in [1.82, 2.24) is 15.0 Å².